The van der Waals surface area contributed by atoms with Crippen molar-refractivity contribution in [2.24, 2.45) is 5.92 Å². The molecule has 1 aliphatic rings. The summed E-state index contributed by atoms with van der Waals surface area (Å²) in [5.41, 5.74) is 0. The van der Waals surface area contributed by atoms with Crippen LogP contribution in [0.1, 0.15) is 53.4 Å². The van der Waals surface area contributed by atoms with Gasteiger partial charge in [0, 0.05) is 24.7 Å². The quantitative estimate of drug-likeness (QED) is 0.775. The Bertz CT molecular complexity index is 183. The summed E-state index contributed by atoms with van der Waals surface area (Å²) in [4.78, 5) is 2.58. The Balaban J connectivity index is 2.29. The molecule has 1 N–H and O–H groups in total. The van der Waals surface area contributed by atoms with E-state index in [1.807, 2.05) is 0 Å². The lowest BCUT2D eigenvalue weighted by Crippen LogP contribution is -2.46. The van der Waals surface area contributed by atoms with Gasteiger partial charge in [0.2, 0.25) is 0 Å². The van der Waals surface area contributed by atoms with Crippen LogP contribution in [0.25, 0.3) is 0 Å². The minimum Gasteiger partial charge on any atom is -0.313 e. The molecule has 1 unspecified atom stereocenters. The molecule has 0 amide bonds. The minimum atomic E-state index is 0.599. The largest absolute Gasteiger partial charge is 0.313 e. The first-order valence-electron chi connectivity index (χ1n) is 6.96. The van der Waals surface area contributed by atoms with E-state index in [9.17, 15) is 0 Å². The number of rotatable bonds is 5. The topological polar surface area (TPSA) is 15.3 Å². The first-order chi connectivity index (χ1) is 7.50. The predicted octanol–water partition coefficient (Wildman–Crippen LogP) is 2.88. The maximum absolute atomic E-state index is 3.53. The highest BCUT2D eigenvalue weighted by atomic mass is 15.2. The molecule has 1 fully saturated rings. The zero-order valence-electron chi connectivity index (χ0n) is 11.8. The van der Waals surface area contributed by atoms with Crippen molar-refractivity contribution in [1.82, 2.24) is 10.2 Å². The lowest BCUT2D eigenvalue weighted by molar-refractivity contribution is 0.128. The lowest BCUT2D eigenvalue weighted by Gasteiger charge is -2.37. The molecule has 0 aliphatic heterocycles. The molecule has 0 aromatic heterocycles. The lowest BCUT2D eigenvalue weighted by atomic mass is 9.86. The molecule has 0 aromatic rings. The summed E-state index contributed by atoms with van der Waals surface area (Å²) >= 11 is 0. The maximum Gasteiger partial charge on any atom is 0.0192 e. The number of nitrogens with zero attached hydrogens (tertiary/aromatic N) is 1. The van der Waals surface area contributed by atoms with Crippen LogP contribution in [0.4, 0.5) is 0 Å². The van der Waals surface area contributed by atoms with Crippen molar-refractivity contribution in [2.45, 2.75) is 71.5 Å². The van der Waals surface area contributed by atoms with E-state index < -0.39 is 0 Å². The van der Waals surface area contributed by atoms with E-state index >= 15 is 0 Å². The van der Waals surface area contributed by atoms with E-state index in [-0.39, 0.29) is 0 Å². The van der Waals surface area contributed by atoms with Crippen molar-refractivity contribution < 1.29 is 0 Å². The summed E-state index contributed by atoms with van der Waals surface area (Å²) < 4.78 is 0. The van der Waals surface area contributed by atoms with Gasteiger partial charge in [0.1, 0.15) is 0 Å². The van der Waals surface area contributed by atoms with Crippen LogP contribution in [0.15, 0.2) is 0 Å². The van der Waals surface area contributed by atoms with Gasteiger partial charge < -0.3 is 5.32 Å². The molecule has 1 saturated carbocycles. The predicted molar refractivity (Wildman–Crippen MR) is 71.8 cm³/mol. The summed E-state index contributed by atoms with van der Waals surface area (Å²) in [5.74, 6) is 0.953. The Morgan fingerprint density at radius 2 is 1.69 bits per heavy atom. The third-order valence-corrected chi connectivity index (χ3v) is 4.08. The van der Waals surface area contributed by atoms with E-state index in [1.54, 1.807) is 0 Å². The second-order valence-electron chi connectivity index (χ2n) is 5.99. The fourth-order valence-electron chi connectivity index (χ4n) is 2.56. The van der Waals surface area contributed by atoms with Gasteiger partial charge in [0.25, 0.3) is 0 Å². The number of hydrogen-bond donors (Lipinski definition) is 1. The average Bonchev–Trinajstić information content (AvgIpc) is 2.26. The molecule has 2 nitrogen and oxygen atoms in total. The van der Waals surface area contributed by atoms with Crippen molar-refractivity contribution in [2.75, 3.05) is 13.6 Å². The summed E-state index contributed by atoms with van der Waals surface area (Å²) in [6.45, 7) is 10.3. The molecule has 2 heteroatoms. The zero-order chi connectivity index (χ0) is 12.1. The van der Waals surface area contributed by atoms with Crippen LogP contribution in [-0.2, 0) is 0 Å². The monoisotopic (exact) mass is 226 g/mol. The van der Waals surface area contributed by atoms with Gasteiger partial charge in [-0.25, -0.2) is 0 Å². The SMILES string of the molecule is CC1CCC(N(C)C(C)CNC(C)C)CC1. The van der Waals surface area contributed by atoms with Crippen LogP contribution in [0.2, 0.25) is 0 Å². The molecular weight excluding hydrogens is 196 g/mol. The molecule has 0 spiro atoms. The second-order valence-corrected chi connectivity index (χ2v) is 5.99. The van der Waals surface area contributed by atoms with Gasteiger partial charge >= 0.3 is 0 Å². The van der Waals surface area contributed by atoms with Gasteiger partial charge in [0.05, 0.1) is 0 Å². The first kappa shape index (κ1) is 14.0. The molecule has 0 bridgehead atoms. The van der Waals surface area contributed by atoms with Crippen molar-refractivity contribution in [3.63, 3.8) is 0 Å². The molecule has 0 heterocycles. The van der Waals surface area contributed by atoms with Crippen molar-refractivity contribution in [3.05, 3.63) is 0 Å². The van der Waals surface area contributed by atoms with Gasteiger partial charge in [-0.05, 0) is 45.6 Å². The highest BCUT2D eigenvalue weighted by molar-refractivity contribution is 4.80. The summed E-state index contributed by atoms with van der Waals surface area (Å²) in [6.07, 6.45) is 5.62. The van der Waals surface area contributed by atoms with Crippen molar-refractivity contribution in [3.8, 4) is 0 Å². The Morgan fingerprint density at radius 3 is 2.19 bits per heavy atom. The van der Waals surface area contributed by atoms with Crippen LogP contribution in [-0.4, -0.2) is 36.6 Å². The normalized spacial score (nSPS) is 28.7. The highest BCUT2D eigenvalue weighted by Crippen LogP contribution is 2.27. The molecule has 16 heavy (non-hydrogen) atoms. The molecule has 1 rings (SSSR count). The smallest absolute Gasteiger partial charge is 0.0192 e. The van der Waals surface area contributed by atoms with Crippen LogP contribution in [0.3, 0.4) is 0 Å². The standard InChI is InChI=1S/C14H30N2/c1-11(2)15-10-13(4)16(5)14-8-6-12(3)7-9-14/h11-15H,6-10H2,1-5H3. The van der Waals surface area contributed by atoms with E-state index in [4.69, 9.17) is 0 Å². The Labute approximate surface area is 102 Å². The molecule has 0 aromatic carbocycles. The van der Waals surface area contributed by atoms with Gasteiger partial charge in [-0.1, -0.05) is 20.8 Å². The first-order valence-corrected chi connectivity index (χ1v) is 6.96. The number of nitrogens with one attached hydrogen (secondary N) is 1. The van der Waals surface area contributed by atoms with E-state index in [0.29, 0.717) is 12.1 Å². The molecule has 0 radical (unpaired) electrons. The molecule has 1 atom stereocenters. The van der Waals surface area contributed by atoms with Gasteiger partial charge in [0.15, 0.2) is 0 Å². The summed E-state index contributed by atoms with van der Waals surface area (Å²) in [7, 11) is 2.30. The van der Waals surface area contributed by atoms with E-state index in [0.717, 1.165) is 18.5 Å². The third kappa shape index (κ3) is 4.42. The van der Waals surface area contributed by atoms with Gasteiger partial charge in [-0.15, -0.1) is 0 Å². The Kier molecular flexibility index (Phi) is 5.77. The fraction of sp³-hybridized carbons (Fsp3) is 1.00. The Hall–Kier alpha value is -0.0800. The van der Waals surface area contributed by atoms with E-state index in [1.165, 1.54) is 25.7 Å². The minimum absolute atomic E-state index is 0.599. The highest BCUT2D eigenvalue weighted by Gasteiger charge is 2.24. The van der Waals surface area contributed by atoms with Crippen molar-refractivity contribution >= 4 is 0 Å². The van der Waals surface area contributed by atoms with Gasteiger partial charge in [-0.2, -0.15) is 0 Å². The summed E-state index contributed by atoms with van der Waals surface area (Å²) in [6, 6.07) is 2.07. The molecule has 1 aliphatic carbocycles. The molecule has 96 valence electrons. The fourth-order valence-corrected chi connectivity index (χ4v) is 2.56. The number of hydrogen-bond acceptors (Lipinski definition) is 2. The van der Waals surface area contributed by atoms with Crippen LogP contribution < -0.4 is 5.32 Å². The summed E-state index contributed by atoms with van der Waals surface area (Å²) in [5, 5.41) is 3.53. The van der Waals surface area contributed by atoms with E-state index in [2.05, 4.69) is 45.0 Å². The average molecular weight is 226 g/mol. The maximum atomic E-state index is 3.53. The van der Waals surface area contributed by atoms with Gasteiger partial charge in [-0.3, -0.25) is 4.90 Å². The van der Waals surface area contributed by atoms with Crippen LogP contribution in [0, 0.1) is 5.92 Å². The van der Waals surface area contributed by atoms with Crippen LogP contribution >= 0.6 is 0 Å². The molecule has 0 saturated heterocycles. The third-order valence-electron chi connectivity index (χ3n) is 4.08. The second kappa shape index (κ2) is 6.61. The Morgan fingerprint density at radius 1 is 1.12 bits per heavy atom. The number of likely N-dealkylation sites (N-methyl/N-ethyl adjacent to an activating group) is 1. The zero-order valence-corrected chi connectivity index (χ0v) is 11.8. The van der Waals surface area contributed by atoms with Crippen molar-refractivity contribution in [1.29, 1.82) is 0 Å². The molecular formula is C14H30N2. The van der Waals surface area contributed by atoms with Crippen LogP contribution in [0.5, 0.6) is 0 Å².